The van der Waals surface area contributed by atoms with Gasteiger partial charge in [-0.05, 0) is 33.6 Å². The minimum Gasteiger partial charge on any atom is -0.396 e. The molecule has 0 rings (SSSR count). The first-order valence-electron chi connectivity index (χ1n) is 5.59. The molecule has 0 spiro atoms. The topological polar surface area (TPSA) is 44.3 Å². The Morgan fingerprint density at radius 1 is 1.21 bits per heavy atom. The fourth-order valence-corrected chi connectivity index (χ4v) is 1.32. The molecule has 0 aromatic rings. The number of hydrogen-bond acceptors (Lipinski definition) is 3. The van der Waals surface area contributed by atoms with Crippen LogP contribution in [0, 0.1) is 0 Å². The molecule has 3 heteroatoms. The van der Waals surface area contributed by atoms with Crippen molar-refractivity contribution in [2.45, 2.75) is 52.1 Å². The highest BCUT2D eigenvalue weighted by atomic mass is 16.3. The molecule has 0 aliphatic rings. The molecular formula is C11H26N2O. The van der Waals surface area contributed by atoms with Crippen LogP contribution in [0.5, 0.6) is 0 Å². The highest BCUT2D eigenvalue weighted by Crippen LogP contribution is 1.98. The maximum Gasteiger partial charge on any atom is 0.0445 e. The van der Waals surface area contributed by atoms with E-state index in [4.69, 9.17) is 5.11 Å². The van der Waals surface area contributed by atoms with Crippen LogP contribution in [0.1, 0.15) is 40.5 Å². The average molecular weight is 202 g/mol. The summed E-state index contributed by atoms with van der Waals surface area (Å²) in [5.74, 6) is 0. The lowest BCUT2D eigenvalue weighted by Gasteiger charge is -2.22. The number of rotatable bonds is 7. The van der Waals surface area contributed by atoms with Crippen LogP contribution < -0.4 is 10.6 Å². The van der Waals surface area contributed by atoms with Crippen molar-refractivity contribution in [3.05, 3.63) is 0 Å². The third-order valence-electron chi connectivity index (χ3n) is 2.18. The molecule has 0 bridgehead atoms. The van der Waals surface area contributed by atoms with Gasteiger partial charge in [0.25, 0.3) is 0 Å². The predicted molar refractivity (Wildman–Crippen MR) is 61.5 cm³/mol. The summed E-state index contributed by atoms with van der Waals surface area (Å²) in [7, 11) is 0. The number of aliphatic hydroxyl groups excluding tert-OH is 1. The Labute approximate surface area is 88.3 Å². The normalized spacial score (nSPS) is 14.4. The second-order valence-corrected chi connectivity index (χ2v) is 4.75. The molecule has 14 heavy (non-hydrogen) atoms. The summed E-state index contributed by atoms with van der Waals surface area (Å²) < 4.78 is 0. The molecular weight excluding hydrogens is 176 g/mol. The summed E-state index contributed by atoms with van der Waals surface area (Å²) in [5.41, 5.74) is 0.195. The van der Waals surface area contributed by atoms with E-state index in [1.807, 2.05) is 0 Å². The van der Waals surface area contributed by atoms with Gasteiger partial charge in [0, 0.05) is 31.3 Å². The Kier molecular flexibility index (Phi) is 7.15. The van der Waals surface area contributed by atoms with Crippen LogP contribution in [-0.4, -0.2) is 36.4 Å². The molecule has 0 aromatic carbocycles. The Hall–Kier alpha value is -0.120. The van der Waals surface area contributed by atoms with Crippen LogP contribution in [0.2, 0.25) is 0 Å². The predicted octanol–water partition coefficient (Wildman–Crippen LogP) is 1.13. The van der Waals surface area contributed by atoms with Gasteiger partial charge in [-0.25, -0.2) is 0 Å². The highest BCUT2D eigenvalue weighted by Gasteiger charge is 2.08. The molecule has 3 nitrogen and oxygen atoms in total. The third-order valence-corrected chi connectivity index (χ3v) is 2.18. The zero-order valence-electron chi connectivity index (χ0n) is 10.1. The van der Waals surface area contributed by atoms with E-state index in [1.54, 1.807) is 0 Å². The van der Waals surface area contributed by atoms with Gasteiger partial charge in [-0.3, -0.25) is 0 Å². The molecule has 3 N–H and O–H groups in total. The van der Waals surface area contributed by atoms with Crippen molar-refractivity contribution in [2.24, 2.45) is 0 Å². The number of nitrogens with one attached hydrogen (secondary N) is 2. The number of hydrogen-bond donors (Lipinski definition) is 3. The molecule has 86 valence electrons. The van der Waals surface area contributed by atoms with Gasteiger partial charge in [0.15, 0.2) is 0 Å². The van der Waals surface area contributed by atoms with E-state index in [0.29, 0.717) is 6.04 Å². The lowest BCUT2D eigenvalue weighted by molar-refractivity contribution is 0.261. The maximum atomic E-state index is 8.80. The van der Waals surface area contributed by atoms with Crippen LogP contribution in [0.25, 0.3) is 0 Å². The highest BCUT2D eigenvalue weighted by molar-refractivity contribution is 4.72. The van der Waals surface area contributed by atoms with Crippen molar-refractivity contribution in [3.8, 4) is 0 Å². The molecule has 0 saturated heterocycles. The van der Waals surface area contributed by atoms with Gasteiger partial charge in [-0.2, -0.15) is 0 Å². The van der Waals surface area contributed by atoms with Crippen molar-refractivity contribution in [1.29, 1.82) is 0 Å². The molecule has 0 aromatic heterocycles. The van der Waals surface area contributed by atoms with E-state index < -0.39 is 0 Å². The minimum absolute atomic E-state index is 0.195. The van der Waals surface area contributed by atoms with E-state index in [1.165, 1.54) is 0 Å². The summed E-state index contributed by atoms with van der Waals surface area (Å²) in [6, 6.07) is 0.460. The van der Waals surface area contributed by atoms with Gasteiger partial charge >= 0.3 is 0 Å². The molecule has 0 radical (unpaired) electrons. The fraction of sp³-hybridized carbons (Fsp3) is 1.00. The zero-order valence-corrected chi connectivity index (χ0v) is 10.1. The van der Waals surface area contributed by atoms with Crippen molar-refractivity contribution < 1.29 is 5.11 Å². The SMILES string of the molecule is CCC(CCO)NCCNC(C)(C)C. The minimum atomic E-state index is 0.195. The van der Waals surface area contributed by atoms with Crippen molar-refractivity contribution in [1.82, 2.24) is 10.6 Å². The summed E-state index contributed by atoms with van der Waals surface area (Å²) in [6.45, 7) is 10.9. The Morgan fingerprint density at radius 2 is 1.86 bits per heavy atom. The summed E-state index contributed by atoms with van der Waals surface area (Å²) >= 11 is 0. The zero-order chi connectivity index (χ0) is 11.0. The molecule has 0 heterocycles. The van der Waals surface area contributed by atoms with E-state index in [2.05, 4.69) is 38.3 Å². The second-order valence-electron chi connectivity index (χ2n) is 4.75. The van der Waals surface area contributed by atoms with Crippen LogP contribution >= 0.6 is 0 Å². The monoisotopic (exact) mass is 202 g/mol. The first-order valence-corrected chi connectivity index (χ1v) is 5.59. The van der Waals surface area contributed by atoms with E-state index >= 15 is 0 Å². The van der Waals surface area contributed by atoms with Crippen molar-refractivity contribution in [2.75, 3.05) is 19.7 Å². The molecule has 0 fully saturated rings. The summed E-state index contributed by atoms with van der Waals surface area (Å²) in [5, 5.41) is 15.6. The van der Waals surface area contributed by atoms with Gasteiger partial charge in [-0.1, -0.05) is 6.92 Å². The Bertz CT molecular complexity index is 132. The smallest absolute Gasteiger partial charge is 0.0445 e. The van der Waals surface area contributed by atoms with Crippen LogP contribution in [0.15, 0.2) is 0 Å². The molecule has 0 aliphatic carbocycles. The van der Waals surface area contributed by atoms with Crippen LogP contribution in [0.4, 0.5) is 0 Å². The van der Waals surface area contributed by atoms with Crippen molar-refractivity contribution in [3.63, 3.8) is 0 Å². The van der Waals surface area contributed by atoms with Gasteiger partial charge in [0.1, 0.15) is 0 Å². The van der Waals surface area contributed by atoms with Gasteiger partial charge < -0.3 is 15.7 Å². The molecule has 1 unspecified atom stereocenters. The standard InChI is InChI=1S/C11H26N2O/c1-5-10(6-9-14)12-7-8-13-11(2,3)4/h10,12-14H,5-9H2,1-4H3. The molecule has 0 saturated carbocycles. The van der Waals surface area contributed by atoms with E-state index in [-0.39, 0.29) is 12.1 Å². The average Bonchev–Trinajstić information content (AvgIpc) is 2.08. The van der Waals surface area contributed by atoms with E-state index in [0.717, 1.165) is 25.9 Å². The Morgan fingerprint density at radius 3 is 2.29 bits per heavy atom. The number of aliphatic hydroxyl groups is 1. The lowest BCUT2D eigenvalue weighted by atomic mass is 10.1. The van der Waals surface area contributed by atoms with Gasteiger partial charge in [0.05, 0.1) is 0 Å². The van der Waals surface area contributed by atoms with Gasteiger partial charge in [-0.15, -0.1) is 0 Å². The Balaban J connectivity index is 3.42. The summed E-state index contributed by atoms with van der Waals surface area (Å²) in [4.78, 5) is 0. The van der Waals surface area contributed by atoms with Gasteiger partial charge in [0.2, 0.25) is 0 Å². The van der Waals surface area contributed by atoms with Crippen LogP contribution in [-0.2, 0) is 0 Å². The molecule has 0 amide bonds. The maximum absolute atomic E-state index is 8.80. The largest absolute Gasteiger partial charge is 0.396 e. The second kappa shape index (κ2) is 7.21. The summed E-state index contributed by atoms with van der Waals surface area (Å²) in [6.07, 6.45) is 1.93. The van der Waals surface area contributed by atoms with Crippen LogP contribution in [0.3, 0.4) is 0 Å². The quantitative estimate of drug-likeness (QED) is 0.542. The first kappa shape index (κ1) is 13.9. The van der Waals surface area contributed by atoms with Crippen molar-refractivity contribution >= 4 is 0 Å². The molecule has 1 atom stereocenters. The molecule has 0 aliphatic heterocycles. The fourth-order valence-electron chi connectivity index (χ4n) is 1.32. The first-order chi connectivity index (χ1) is 6.49. The van der Waals surface area contributed by atoms with E-state index in [9.17, 15) is 0 Å². The lowest BCUT2D eigenvalue weighted by Crippen LogP contribution is -2.42. The third kappa shape index (κ3) is 8.48.